The Balaban J connectivity index is 1.43. The van der Waals surface area contributed by atoms with Crippen LogP contribution in [0.4, 0.5) is 18.0 Å². The molecule has 3 amide bonds. The number of nitrogens with zero attached hydrogens (tertiary/aromatic N) is 3. The standard InChI is InChI=1S/C34H38F3N5O8/c1-21(41-16-15-24(31(41)46)39-32(47)49-19-22-11-7-5-8-12-22)30(45)38-25(17-29(44)50-33(2,3)4)26(43)20-48-28-18-27(34(35,36)37)40-42(28)23-13-9-6-10-14-23/h5-14,18,21,24-25H,15-17,19-20H2,1-4H3,(H,38,45)(H,39,47)/t21-,24-,25-/m0/s1. The quantitative estimate of drug-likeness (QED) is 0.252. The summed E-state index contributed by atoms with van der Waals surface area (Å²) in [6, 6.07) is 13.7. The van der Waals surface area contributed by atoms with Gasteiger partial charge in [0.25, 0.3) is 0 Å². The number of hydrogen-bond acceptors (Lipinski definition) is 9. The van der Waals surface area contributed by atoms with E-state index < -0.39 is 84.2 Å². The molecule has 2 aromatic carbocycles. The summed E-state index contributed by atoms with van der Waals surface area (Å²) in [5.41, 5.74) is -1.21. The summed E-state index contributed by atoms with van der Waals surface area (Å²) >= 11 is 0. The molecule has 2 N–H and O–H groups in total. The molecule has 13 nitrogen and oxygen atoms in total. The van der Waals surface area contributed by atoms with Gasteiger partial charge < -0.3 is 29.7 Å². The Morgan fingerprint density at radius 1 is 1.00 bits per heavy atom. The Labute approximate surface area is 286 Å². The van der Waals surface area contributed by atoms with E-state index in [-0.39, 0.29) is 25.3 Å². The number of para-hydroxylation sites is 1. The molecule has 1 aliphatic heterocycles. The average Bonchev–Trinajstić information content (AvgIpc) is 3.65. The zero-order valence-electron chi connectivity index (χ0n) is 27.9. The first kappa shape index (κ1) is 37.4. The molecule has 0 radical (unpaired) electrons. The van der Waals surface area contributed by atoms with E-state index in [0.717, 1.165) is 10.2 Å². The summed E-state index contributed by atoms with van der Waals surface area (Å²) in [7, 11) is 0. The molecule has 268 valence electrons. The number of ether oxygens (including phenoxy) is 3. The highest BCUT2D eigenvalue weighted by Crippen LogP contribution is 2.32. The zero-order chi connectivity index (χ0) is 36.6. The van der Waals surface area contributed by atoms with Crippen LogP contribution in [0.3, 0.4) is 0 Å². The van der Waals surface area contributed by atoms with Gasteiger partial charge in [-0.3, -0.25) is 19.2 Å². The number of aromatic nitrogens is 2. The number of nitrogens with one attached hydrogen (secondary N) is 2. The SMILES string of the molecule is C[C@@H](C(=O)N[C@@H](CC(=O)OC(C)(C)C)C(=O)COc1cc(C(F)(F)F)nn1-c1ccccc1)N1CC[C@H](NC(=O)OCc2ccccc2)C1=O. The third kappa shape index (κ3) is 10.3. The lowest BCUT2D eigenvalue weighted by molar-refractivity contribution is -0.156. The number of alkyl carbamates (subject to hydrolysis) is 1. The van der Waals surface area contributed by atoms with Crippen molar-refractivity contribution in [1.82, 2.24) is 25.3 Å². The monoisotopic (exact) mass is 701 g/mol. The van der Waals surface area contributed by atoms with Gasteiger partial charge in [-0.1, -0.05) is 48.5 Å². The summed E-state index contributed by atoms with van der Waals surface area (Å²) in [5.74, 6) is -3.47. The van der Waals surface area contributed by atoms with Crippen molar-refractivity contribution in [3.8, 4) is 11.6 Å². The van der Waals surface area contributed by atoms with E-state index in [1.54, 1.807) is 63.2 Å². The number of Topliss-reactive ketones (excluding diaryl/α,β-unsaturated/α-hetero) is 1. The highest BCUT2D eigenvalue weighted by atomic mass is 19.4. The Hall–Kier alpha value is -5.41. The first-order valence-electron chi connectivity index (χ1n) is 15.7. The summed E-state index contributed by atoms with van der Waals surface area (Å²) in [5, 5.41) is 8.53. The molecule has 3 aromatic rings. The van der Waals surface area contributed by atoms with Gasteiger partial charge in [-0.2, -0.15) is 18.3 Å². The smallest absolute Gasteiger partial charge is 0.435 e. The number of carbonyl (C=O) groups excluding carboxylic acids is 5. The fourth-order valence-corrected chi connectivity index (χ4v) is 4.96. The molecule has 1 saturated heterocycles. The molecule has 0 saturated carbocycles. The second-order valence-corrected chi connectivity index (χ2v) is 12.5. The van der Waals surface area contributed by atoms with E-state index in [0.29, 0.717) is 6.07 Å². The van der Waals surface area contributed by atoms with Crippen molar-refractivity contribution in [2.75, 3.05) is 13.2 Å². The average molecular weight is 702 g/mol. The Kier molecular flexibility index (Phi) is 11.9. The maximum Gasteiger partial charge on any atom is 0.435 e. The number of halogens is 3. The number of alkyl halides is 3. The van der Waals surface area contributed by atoms with Gasteiger partial charge in [0, 0.05) is 12.6 Å². The number of hydrogen-bond donors (Lipinski definition) is 2. The molecule has 0 aliphatic carbocycles. The highest BCUT2D eigenvalue weighted by Gasteiger charge is 2.40. The molecule has 0 unspecified atom stereocenters. The second kappa shape index (κ2) is 15.9. The number of likely N-dealkylation sites (tertiary alicyclic amines) is 1. The number of rotatable bonds is 13. The summed E-state index contributed by atoms with van der Waals surface area (Å²) in [6.45, 7) is 5.46. The molecule has 2 heterocycles. The van der Waals surface area contributed by atoms with Gasteiger partial charge in [0.1, 0.15) is 30.3 Å². The Morgan fingerprint density at radius 2 is 1.64 bits per heavy atom. The summed E-state index contributed by atoms with van der Waals surface area (Å²) < 4.78 is 57.4. The topological polar surface area (TPSA) is 158 Å². The minimum absolute atomic E-state index is 0.00895. The minimum atomic E-state index is -4.81. The van der Waals surface area contributed by atoms with Gasteiger partial charge in [-0.05, 0) is 51.8 Å². The van der Waals surface area contributed by atoms with E-state index in [4.69, 9.17) is 14.2 Å². The van der Waals surface area contributed by atoms with E-state index >= 15 is 0 Å². The fourth-order valence-electron chi connectivity index (χ4n) is 4.96. The molecule has 0 spiro atoms. The van der Waals surface area contributed by atoms with Crippen LogP contribution < -0.4 is 15.4 Å². The lowest BCUT2D eigenvalue weighted by Gasteiger charge is -2.27. The normalized spacial score (nSPS) is 15.9. The van der Waals surface area contributed by atoms with Crippen LogP contribution in [0.25, 0.3) is 5.69 Å². The van der Waals surface area contributed by atoms with Crippen LogP contribution in [0, 0.1) is 0 Å². The van der Waals surface area contributed by atoms with E-state index in [1.165, 1.54) is 24.0 Å². The molecular formula is C34H38F3N5O8. The second-order valence-electron chi connectivity index (χ2n) is 12.5. The Morgan fingerprint density at radius 3 is 2.26 bits per heavy atom. The predicted octanol–water partition coefficient (Wildman–Crippen LogP) is 3.97. The molecule has 3 atom stereocenters. The van der Waals surface area contributed by atoms with E-state index in [2.05, 4.69) is 15.7 Å². The van der Waals surface area contributed by atoms with Gasteiger partial charge in [-0.15, -0.1) is 0 Å². The zero-order valence-corrected chi connectivity index (χ0v) is 27.9. The van der Waals surface area contributed by atoms with Crippen molar-refractivity contribution in [1.29, 1.82) is 0 Å². The molecule has 1 aromatic heterocycles. The molecule has 1 aliphatic rings. The van der Waals surface area contributed by atoms with Crippen LogP contribution in [-0.4, -0.2) is 81.2 Å². The minimum Gasteiger partial charge on any atom is -0.469 e. The molecule has 50 heavy (non-hydrogen) atoms. The summed E-state index contributed by atoms with van der Waals surface area (Å²) in [4.78, 5) is 66.2. The van der Waals surface area contributed by atoms with Crippen molar-refractivity contribution in [2.24, 2.45) is 0 Å². The largest absolute Gasteiger partial charge is 0.469 e. The van der Waals surface area contributed by atoms with Gasteiger partial charge in [0.05, 0.1) is 12.1 Å². The van der Waals surface area contributed by atoms with Gasteiger partial charge in [0.2, 0.25) is 17.7 Å². The predicted molar refractivity (Wildman–Crippen MR) is 171 cm³/mol. The van der Waals surface area contributed by atoms with Gasteiger partial charge in [-0.25, -0.2) is 9.48 Å². The van der Waals surface area contributed by atoms with Crippen molar-refractivity contribution in [2.45, 2.75) is 77.0 Å². The molecule has 1 fully saturated rings. The van der Waals surface area contributed by atoms with Crippen LogP contribution in [0.1, 0.15) is 51.8 Å². The number of ketones is 1. The van der Waals surface area contributed by atoms with E-state index in [9.17, 15) is 37.1 Å². The summed E-state index contributed by atoms with van der Waals surface area (Å²) in [6.07, 6.45) is -6.07. The number of benzene rings is 2. The number of carbonyl (C=O) groups is 5. The van der Waals surface area contributed by atoms with Crippen LogP contribution >= 0.6 is 0 Å². The van der Waals surface area contributed by atoms with Crippen LogP contribution in [0.5, 0.6) is 5.88 Å². The van der Waals surface area contributed by atoms with Crippen molar-refractivity contribution in [3.63, 3.8) is 0 Å². The van der Waals surface area contributed by atoms with Crippen LogP contribution in [0.15, 0.2) is 66.7 Å². The highest BCUT2D eigenvalue weighted by molar-refractivity contribution is 5.96. The third-order valence-corrected chi connectivity index (χ3v) is 7.42. The molecule has 4 rings (SSSR count). The van der Waals surface area contributed by atoms with Gasteiger partial charge in [0.15, 0.2) is 18.1 Å². The van der Waals surface area contributed by atoms with Crippen LogP contribution in [0.2, 0.25) is 0 Å². The molecular weight excluding hydrogens is 663 g/mol. The first-order chi connectivity index (χ1) is 23.5. The van der Waals surface area contributed by atoms with E-state index in [1.807, 2.05) is 6.07 Å². The number of esters is 1. The number of amides is 3. The van der Waals surface area contributed by atoms with Crippen molar-refractivity contribution >= 4 is 29.7 Å². The third-order valence-electron chi connectivity index (χ3n) is 7.42. The first-order valence-corrected chi connectivity index (χ1v) is 15.7. The maximum atomic E-state index is 13.5. The Bertz CT molecular complexity index is 1680. The fraction of sp³-hybridized carbons (Fsp3) is 0.412. The molecule has 16 heteroatoms. The van der Waals surface area contributed by atoms with Crippen molar-refractivity contribution < 1.29 is 51.4 Å². The lowest BCUT2D eigenvalue weighted by Crippen LogP contribution is -2.53. The van der Waals surface area contributed by atoms with Gasteiger partial charge >= 0.3 is 18.2 Å². The lowest BCUT2D eigenvalue weighted by atomic mass is 10.1. The van der Waals surface area contributed by atoms with Crippen molar-refractivity contribution in [3.05, 3.63) is 78.0 Å². The molecule has 0 bridgehead atoms. The van der Waals surface area contributed by atoms with Crippen LogP contribution in [-0.2, 0) is 41.4 Å². The maximum absolute atomic E-state index is 13.5.